The monoisotopic (exact) mass is 655 g/mol. The van der Waals surface area contributed by atoms with Crippen LogP contribution < -0.4 is 20.4 Å². The molecule has 0 saturated carbocycles. The van der Waals surface area contributed by atoms with Gasteiger partial charge in [-0.25, -0.2) is 4.79 Å². The maximum Gasteiger partial charge on any atom is 0.323 e. The number of piperazine rings is 1. The van der Waals surface area contributed by atoms with E-state index in [4.69, 9.17) is 24.4 Å². The summed E-state index contributed by atoms with van der Waals surface area (Å²) in [5, 5.41) is 5.75. The van der Waals surface area contributed by atoms with Gasteiger partial charge >= 0.3 is 6.03 Å². The zero-order chi connectivity index (χ0) is 33.2. The molecule has 13 nitrogen and oxygen atoms in total. The summed E-state index contributed by atoms with van der Waals surface area (Å²) in [5.74, 6) is 1.91. The summed E-state index contributed by atoms with van der Waals surface area (Å²) in [7, 11) is 0. The number of nitrogens with one attached hydrogen (secondary N) is 2. The summed E-state index contributed by atoms with van der Waals surface area (Å²) < 4.78 is 11.7. The quantitative estimate of drug-likeness (QED) is 0.386. The molecular weight excluding hydrogens is 610 g/mol. The van der Waals surface area contributed by atoms with E-state index in [2.05, 4.69) is 46.1 Å². The molecule has 254 valence electrons. The average molecular weight is 656 g/mol. The molecule has 2 bridgehead atoms. The van der Waals surface area contributed by atoms with Crippen molar-refractivity contribution in [2.45, 2.75) is 57.9 Å². The number of ether oxygens (including phenoxy) is 2. The Kier molecular flexibility index (Phi) is 9.42. The summed E-state index contributed by atoms with van der Waals surface area (Å²) >= 11 is 0. The molecule has 0 spiro atoms. The molecule has 4 aliphatic heterocycles. The van der Waals surface area contributed by atoms with Crippen LogP contribution in [0.3, 0.4) is 0 Å². The van der Waals surface area contributed by atoms with Crippen molar-refractivity contribution in [1.82, 2.24) is 24.8 Å². The van der Waals surface area contributed by atoms with Crippen molar-refractivity contribution in [3.63, 3.8) is 0 Å². The molecule has 2 unspecified atom stereocenters. The molecule has 3 atom stereocenters. The first kappa shape index (κ1) is 32.2. The Bertz CT molecular complexity index is 1580. The number of urea groups is 1. The SMILES string of the molecule is CC(C)N1CCN(C(=O)c2ccc(NC(=O)Nc3ccc(-c4nc(N5CC6CCC(C5)O6)nc(N5CCOC[C@@H]5C)n4)cc3)cc2)CC1. The van der Waals surface area contributed by atoms with E-state index in [1.807, 2.05) is 29.2 Å². The minimum atomic E-state index is -0.375. The number of hydrogen-bond acceptors (Lipinski definition) is 10. The average Bonchev–Trinajstić information content (AvgIpc) is 3.45. The predicted molar refractivity (Wildman–Crippen MR) is 185 cm³/mol. The third-order valence-electron chi connectivity index (χ3n) is 9.69. The fourth-order valence-electron chi connectivity index (χ4n) is 6.87. The smallest absolute Gasteiger partial charge is 0.323 e. The number of amides is 3. The van der Waals surface area contributed by atoms with Gasteiger partial charge in [-0.1, -0.05) is 0 Å². The lowest BCUT2D eigenvalue weighted by Crippen LogP contribution is -2.50. The molecule has 1 aromatic heterocycles. The van der Waals surface area contributed by atoms with Gasteiger partial charge in [0.1, 0.15) is 0 Å². The van der Waals surface area contributed by atoms with Gasteiger partial charge in [0.2, 0.25) is 11.9 Å². The van der Waals surface area contributed by atoms with Gasteiger partial charge < -0.3 is 34.8 Å². The van der Waals surface area contributed by atoms with Crippen molar-refractivity contribution in [1.29, 1.82) is 0 Å². The van der Waals surface area contributed by atoms with E-state index >= 15 is 0 Å². The van der Waals surface area contributed by atoms with Crippen molar-refractivity contribution < 1.29 is 19.1 Å². The van der Waals surface area contributed by atoms with Crippen molar-refractivity contribution in [3.05, 3.63) is 54.1 Å². The maximum absolute atomic E-state index is 13.0. The normalized spacial score (nSPS) is 23.0. The van der Waals surface area contributed by atoms with Crippen LogP contribution in [0.5, 0.6) is 0 Å². The third kappa shape index (κ3) is 7.23. The third-order valence-corrected chi connectivity index (χ3v) is 9.69. The van der Waals surface area contributed by atoms with Crippen LogP contribution in [-0.2, 0) is 9.47 Å². The number of fused-ring (bicyclic) bond motifs is 2. The molecule has 4 aliphatic rings. The van der Waals surface area contributed by atoms with E-state index < -0.39 is 0 Å². The van der Waals surface area contributed by atoms with Gasteiger partial charge in [-0.05, 0) is 82.1 Å². The largest absolute Gasteiger partial charge is 0.377 e. The van der Waals surface area contributed by atoms with E-state index in [0.717, 1.165) is 57.7 Å². The van der Waals surface area contributed by atoms with E-state index in [1.165, 1.54) is 0 Å². The van der Waals surface area contributed by atoms with Crippen LogP contribution in [0.15, 0.2) is 48.5 Å². The van der Waals surface area contributed by atoms with Crippen LogP contribution in [0.4, 0.5) is 28.1 Å². The van der Waals surface area contributed by atoms with Crippen LogP contribution in [-0.4, -0.2) is 120 Å². The molecule has 7 rings (SSSR count). The number of rotatable bonds is 7. The van der Waals surface area contributed by atoms with Gasteiger partial charge in [-0.3, -0.25) is 9.69 Å². The second kappa shape index (κ2) is 14.0. The Morgan fingerprint density at radius 3 is 2.06 bits per heavy atom. The number of morpholine rings is 2. The summed E-state index contributed by atoms with van der Waals surface area (Å²) in [6.45, 7) is 13.2. The van der Waals surface area contributed by atoms with Crippen molar-refractivity contribution in [3.8, 4) is 11.4 Å². The second-order valence-corrected chi connectivity index (χ2v) is 13.4. The van der Waals surface area contributed by atoms with Gasteiger partial charge in [0.25, 0.3) is 5.91 Å². The first-order valence-corrected chi connectivity index (χ1v) is 17.1. The molecular formula is C35H45N9O4. The number of hydrogen-bond donors (Lipinski definition) is 2. The summed E-state index contributed by atoms with van der Waals surface area (Å²) in [6, 6.07) is 14.8. The number of carbonyl (C=O) groups is 2. The lowest BCUT2D eigenvalue weighted by atomic mass is 10.1. The Morgan fingerprint density at radius 1 is 0.812 bits per heavy atom. The summed E-state index contributed by atoms with van der Waals surface area (Å²) in [5.41, 5.74) is 2.67. The van der Waals surface area contributed by atoms with Crippen LogP contribution in [0, 0.1) is 0 Å². The molecule has 3 amide bonds. The molecule has 3 aromatic rings. The topological polar surface area (TPSA) is 128 Å². The predicted octanol–water partition coefficient (Wildman–Crippen LogP) is 3.94. The highest BCUT2D eigenvalue weighted by Gasteiger charge is 2.35. The van der Waals surface area contributed by atoms with E-state index in [0.29, 0.717) is 60.5 Å². The Morgan fingerprint density at radius 2 is 1.44 bits per heavy atom. The van der Waals surface area contributed by atoms with Gasteiger partial charge in [0, 0.05) is 74.4 Å². The number of nitrogens with zero attached hydrogens (tertiary/aromatic N) is 7. The number of aromatic nitrogens is 3. The fourth-order valence-corrected chi connectivity index (χ4v) is 6.87. The zero-order valence-corrected chi connectivity index (χ0v) is 28.0. The molecule has 2 aromatic carbocycles. The van der Waals surface area contributed by atoms with E-state index in [1.54, 1.807) is 24.3 Å². The number of anilines is 4. The fraction of sp³-hybridized carbons (Fsp3) is 0.514. The first-order chi connectivity index (χ1) is 23.3. The maximum atomic E-state index is 13.0. The lowest BCUT2D eigenvalue weighted by Gasteiger charge is -2.37. The molecule has 2 N–H and O–H groups in total. The molecule has 0 aliphatic carbocycles. The highest BCUT2D eigenvalue weighted by atomic mass is 16.5. The van der Waals surface area contributed by atoms with Gasteiger partial charge in [0.05, 0.1) is 31.5 Å². The first-order valence-electron chi connectivity index (χ1n) is 17.1. The number of benzene rings is 2. The van der Waals surface area contributed by atoms with E-state index in [-0.39, 0.29) is 30.2 Å². The number of carbonyl (C=O) groups excluding carboxylic acids is 2. The molecule has 0 radical (unpaired) electrons. The summed E-state index contributed by atoms with van der Waals surface area (Å²) in [6.07, 6.45) is 2.55. The minimum Gasteiger partial charge on any atom is -0.377 e. The molecule has 5 heterocycles. The standard InChI is InChI=1S/C35H45N9O4/c1-23(2)41-14-16-42(17-15-41)32(45)26-6-10-28(11-7-26)37-35(46)36-27-8-4-25(5-9-27)31-38-33(43-20-29-12-13-30(21-43)48-29)40-34(39-31)44-18-19-47-22-24(44)3/h4-11,23-24,29-30H,12-22H2,1-3H3,(H2,36,37,46)/t24-,29?,30?/m0/s1. The molecule has 4 fully saturated rings. The Hall–Kier alpha value is -4.33. The van der Waals surface area contributed by atoms with Gasteiger partial charge in [-0.2, -0.15) is 15.0 Å². The molecule has 48 heavy (non-hydrogen) atoms. The Labute approximate surface area is 281 Å². The summed E-state index contributed by atoms with van der Waals surface area (Å²) in [4.78, 5) is 49.3. The van der Waals surface area contributed by atoms with Crippen molar-refractivity contribution >= 4 is 35.2 Å². The van der Waals surface area contributed by atoms with Crippen molar-refractivity contribution in [2.75, 3.05) is 79.5 Å². The van der Waals surface area contributed by atoms with Gasteiger partial charge in [-0.15, -0.1) is 0 Å². The molecule has 13 heteroatoms. The van der Waals surface area contributed by atoms with Crippen LogP contribution in [0.2, 0.25) is 0 Å². The second-order valence-electron chi connectivity index (χ2n) is 13.4. The van der Waals surface area contributed by atoms with Crippen LogP contribution in [0.25, 0.3) is 11.4 Å². The highest BCUT2D eigenvalue weighted by molar-refractivity contribution is 6.00. The lowest BCUT2D eigenvalue weighted by molar-refractivity contribution is 0.0299. The minimum absolute atomic E-state index is 0.0171. The van der Waals surface area contributed by atoms with Crippen LogP contribution in [0.1, 0.15) is 44.0 Å². The zero-order valence-electron chi connectivity index (χ0n) is 28.0. The van der Waals surface area contributed by atoms with Gasteiger partial charge in [0.15, 0.2) is 5.82 Å². The Balaban J connectivity index is 0.999. The highest BCUT2D eigenvalue weighted by Crippen LogP contribution is 2.31. The van der Waals surface area contributed by atoms with E-state index in [9.17, 15) is 9.59 Å². The van der Waals surface area contributed by atoms with Crippen molar-refractivity contribution in [2.24, 2.45) is 0 Å². The van der Waals surface area contributed by atoms with Crippen LogP contribution >= 0.6 is 0 Å². The molecule has 4 saturated heterocycles.